The molecule has 0 saturated heterocycles. The fraction of sp³-hybridized carbons (Fsp3) is 0.833. The molecule has 1 aliphatic rings. The van der Waals surface area contributed by atoms with E-state index >= 15 is 0 Å². The molecule has 0 bridgehead atoms. The fourth-order valence-electron chi connectivity index (χ4n) is 2.15. The van der Waals surface area contributed by atoms with Gasteiger partial charge in [0.15, 0.2) is 0 Å². The Bertz CT molecular complexity index is 422. The smallest absolute Gasteiger partial charge is 0.221 e. The number of carbonyl (C=O) groups is 1. The minimum atomic E-state index is 0.0804. The van der Waals surface area contributed by atoms with Crippen LogP contribution in [-0.2, 0) is 11.3 Å². The van der Waals surface area contributed by atoms with Crippen molar-refractivity contribution in [3.63, 3.8) is 0 Å². The molecule has 0 aliphatic heterocycles. The molecule has 0 radical (unpaired) electrons. The van der Waals surface area contributed by atoms with Crippen LogP contribution < -0.4 is 5.32 Å². The average molecular weight is 251 g/mol. The number of hydrogen-bond acceptors (Lipinski definition) is 4. The summed E-state index contributed by atoms with van der Waals surface area (Å²) in [5, 5.41) is 14.2. The molecule has 100 valence electrons. The summed E-state index contributed by atoms with van der Waals surface area (Å²) in [7, 11) is 0. The molecule has 2 rings (SSSR count). The standard InChI is InChI=1S/C12H21N5O/c1-9(2)12(5-6-12)8-13-11(18)4-7-17-10(3)14-15-16-17/h9H,4-8H2,1-3H3,(H,13,18). The highest BCUT2D eigenvalue weighted by Gasteiger charge is 2.45. The first-order valence-electron chi connectivity index (χ1n) is 6.53. The first kappa shape index (κ1) is 13.0. The van der Waals surface area contributed by atoms with E-state index in [2.05, 4.69) is 34.7 Å². The summed E-state index contributed by atoms with van der Waals surface area (Å²) in [6.07, 6.45) is 2.90. The molecule has 1 heterocycles. The van der Waals surface area contributed by atoms with Gasteiger partial charge in [0.25, 0.3) is 0 Å². The number of carbonyl (C=O) groups excluding carboxylic acids is 1. The van der Waals surface area contributed by atoms with Crippen LogP contribution >= 0.6 is 0 Å². The number of aryl methyl sites for hydroxylation is 2. The van der Waals surface area contributed by atoms with E-state index in [1.165, 1.54) is 12.8 Å². The second-order valence-electron chi connectivity index (χ2n) is 5.49. The lowest BCUT2D eigenvalue weighted by atomic mass is 9.92. The van der Waals surface area contributed by atoms with Gasteiger partial charge in [-0.25, -0.2) is 4.68 Å². The van der Waals surface area contributed by atoms with Gasteiger partial charge in [0.2, 0.25) is 5.91 Å². The molecule has 1 aromatic rings. The highest BCUT2D eigenvalue weighted by atomic mass is 16.1. The van der Waals surface area contributed by atoms with Crippen LogP contribution in [0.15, 0.2) is 0 Å². The zero-order valence-corrected chi connectivity index (χ0v) is 11.3. The van der Waals surface area contributed by atoms with Crippen LogP contribution in [0.4, 0.5) is 0 Å². The fourth-order valence-corrected chi connectivity index (χ4v) is 2.15. The second-order valence-corrected chi connectivity index (χ2v) is 5.49. The Morgan fingerprint density at radius 3 is 2.72 bits per heavy atom. The molecular formula is C12H21N5O. The van der Waals surface area contributed by atoms with Gasteiger partial charge in [-0.3, -0.25) is 4.79 Å². The first-order chi connectivity index (χ1) is 8.53. The molecule has 6 heteroatoms. The van der Waals surface area contributed by atoms with Crippen molar-refractivity contribution < 1.29 is 4.79 Å². The second kappa shape index (κ2) is 5.04. The number of aromatic nitrogens is 4. The van der Waals surface area contributed by atoms with Gasteiger partial charge >= 0.3 is 0 Å². The molecule has 1 aliphatic carbocycles. The van der Waals surface area contributed by atoms with Crippen molar-refractivity contribution in [3.8, 4) is 0 Å². The van der Waals surface area contributed by atoms with E-state index in [0.717, 1.165) is 12.4 Å². The van der Waals surface area contributed by atoms with Gasteiger partial charge in [0.05, 0.1) is 6.54 Å². The van der Waals surface area contributed by atoms with E-state index in [4.69, 9.17) is 0 Å². The average Bonchev–Trinajstić information content (AvgIpc) is 3.02. The van der Waals surface area contributed by atoms with Crippen LogP contribution in [0.25, 0.3) is 0 Å². The van der Waals surface area contributed by atoms with Crippen LogP contribution in [0.3, 0.4) is 0 Å². The molecule has 0 aromatic carbocycles. The van der Waals surface area contributed by atoms with Gasteiger partial charge in [-0.15, -0.1) is 5.10 Å². The van der Waals surface area contributed by atoms with Crippen molar-refractivity contribution >= 4 is 5.91 Å². The Morgan fingerprint density at radius 1 is 1.50 bits per heavy atom. The van der Waals surface area contributed by atoms with E-state index in [9.17, 15) is 4.79 Å². The molecule has 0 atom stereocenters. The lowest BCUT2D eigenvalue weighted by molar-refractivity contribution is -0.121. The molecule has 6 nitrogen and oxygen atoms in total. The maximum absolute atomic E-state index is 11.8. The van der Waals surface area contributed by atoms with Crippen molar-refractivity contribution in [1.82, 2.24) is 25.5 Å². The van der Waals surface area contributed by atoms with Crippen molar-refractivity contribution in [1.29, 1.82) is 0 Å². The summed E-state index contributed by atoms with van der Waals surface area (Å²) >= 11 is 0. The lowest BCUT2D eigenvalue weighted by Crippen LogP contribution is -2.33. The molecular weight excluding hydrogens is 230 g/mol. The maximum atomic E-state index is 11.8. The summed E-state index contributed by atoms with van der Waals surface area (Å²) in [5.74, 6) is 1.46. The summed E-state index contributed by atoms with van der Waals surface area (Å²) in [6.45, 7) is 7.63. The molecule has 0 unspecified atom stereocenters. The predicted octanol–water partition coefficient (Wildman–Crippen LogP) is 0.924. The summed E-state index contributed by atoms with van der Waals surface area (Å²) in [5.41, 5.74) is 0.361. The van der Waals surface area contributed by atoms with Crippen molar-refractivity contribution in [2.75, 3.05) is 6.54 Å². The molecule has 1 aromatic heterocycles. The van der Waals surface area contributed by atoms with Crippen LogP contribution in [0.1, 0.15) is 38.9 Å². The van der Waals surface area contributed by atoms with Crippen LogP contribution in [0.2, 0.25) is 0 Å². The highest BCUT2D eigenvalue weighted by Crippen LogP contribution is 2.51. The third-order valence-electron chi connectivity index (χ3n) is 4.02. The number of nitrogens with one attached hydrogen (secondary N) is 1. The highest BCUT2D eigenvalue weighted by molar-refractivity contribution is 5.75. The number of nitrogens with zero attached hydrogens (tertiary/aromatic N) is 4. The van der Waals surface area contributed by atoms with Gasteiger partial charge in [-0.2, -0.15) is 0 Å². The Kier molecular flexibility index (Phi) is 3.63. The molecule has 0 spiro atoms. The zero-order valence-electron chi connectivity index (χ0n) is 11.3. The Balaban J connectivity index is 1.72. The number of rotatable bonds is 6. The maximum Gasteiger partial charge on any atom is 0.221 e. The molecule has 18 heavy (non-hydrogen) atoms. The van der Waals surface area contributed by atoms with Crippen molar-refractivity contribution in [2.24, 2.45) is 11.3 Å². The van der Waals surface area contributed by atoms with E-state index < -0.39 is 0 Å². The largest absolute Gasteiger partial charge is 0.355 e. The van der Waals surface area contributed by atoms with E-state index in [1.54, 1.807) is 4.68 Å². The van der Waals surface area contributed by atoms with Crippen LogP contribution in [-0.4, -0.2) is 32.7 Å². The number of hydrogen-bond donors (Lipinski definition) is 1. The van der Waals surface area contributed by atoms with Crippen LogP contribution in [0, 0.1) is 18.3 Å². The zero-order chi connectivity index (χ0) is 13.2. The number of amides is 1. The predicted molar refractivity (Wildman–Crippen MR) is 66.7 cm³/mol. The van der Waals surface area contributed by atoms with Gasteiger partial charge in [-0.1, -0.05) is 13.8 Å². The third-order valence-corrected chi connectivity index (χ3v) is 4.02. The van der Waals surface area contributed by atoms with Crippen LogP contribution in [0.5, 0.6) is 0 Å². The first-order valence-corrected chi connectivity index (χ1v) is 6.53. The Labute approximate surface area is 107 Å². The van der Waals surface area contributed by atoms with Gasteiger partial charge in [0, 0.05) is 13.0 Å². The SMILES string of the molecule is Cc1nnnn1CCC(=O)NCC1(C(C)C)CC1. The number of tetrazole rings is 1. The minimum Gasteiger partial charge on any atom is -0.355 e. The normalized spacial score (nSPS) is 16.9. The summed E-state index contributed by atoms with van der Waals surface area (Å²) in [6, 6.07) is 0. The molecule has 1 amide bonds. The molecule has 1 saturated carbocycles. The minimum absolute atomic E-state index is 0.0804. The van der Waals surface area contributed by atoms with E-state index in [0.29, 0.717) is 24.3 Å². The van der Waals surface area contributed by atoms with Gasteiger partial charge in [0.1, 0.15) is 5.82 Å². The van der Waals surface area contributed by atoms with Gasteiger partial charge < -0.3 is 5.32 Å². The summed E-state index contributed by atoms with van der Waals surface area (Å²) < 4.78 is 1.65. The third kappa shape index (κ3) is 2.86. The Hall–Kier alpha value is -1.46. The van der Waals surface area contributed by atoms with E-state index in [1.807, 2.05) is 6.92 Å². The quantitative estimate of drug-likeness (QED) is 0.816. The van der Waals surface area contributed by atoms with Crippen molar-refractivity contribution in [2.45, 2.75) is 46.6 Å². The topological polar surface area (TPSA) is 72.7 Å². The summed E-state index contributed by atoms with van der Waals surface area (Å²) in [4.78, 5) is 11.8. The Morgan fingerprint density at radius 2 is 2.22 bits per heavy atom. The van der Waals surface area contributed by atoms with E-state index in [-0.39, 0.29) is 5.91 Å². The lowest BCUT2D eigenvalue weighted by Gasteiger charge is -2.19. The van der Waals surface area contributed by atoms with Crippen molar-refractivity contribution in [3.05, 3.63) is 5.82 Å². The molecule has 1 fully saturated rings. The van der Waals surface area contributed by atoms with Gasteiger partial charge in [-0.05, 0) is 41.5 Å². The molecule has 1 N–H and O–H groups in total. The monoisotopic (exact) mass is 251 g/mol.